The highest BCUT2D eigenvalue weighted by Crippen LogP contribution is 2.15. The maximum atomic E-state index is 3.44. The molecule has 151 valence electrons. The fourth-order valence-electron chi connectivity index (χ4n) is 3.99. The second kappa shape index (κ2) is 20.8. The van der Waals surface area contributed by atoms with Crippen molar-refractivity contribution in [3.8, 4) is 0 Å². The van der Waals surface area contributed by atoms with Gasteiger partial charge in [0, 0.05) is 0 Å². The average Bonchev–Trinajstić information content (AvgIpc) is 2.65. The van der Waals surface area contributed by atoms with Crippen molar-refractivity contribution in [2.45, 2.75) is 141 Å². The first-order valence-corrected chi connectivity index (χ1v) is 12.2. The minimum absolute atomic E-state index is 1.14. The van der Waals surface area contributed by atoms with E-state index in [2.05, 4.69) is 24.3 Å². The summed E-state index contributed by atoms with van der Waals surface area (Å²) in [5.74, 6) is 0. The first-order chi connectivity index (χ1) is 13.0. The molecule has 0 heteroatoms. The van der Waals surface area contributed by atoms with Crippen molar-refractivity contribution < 1.29 is 0 Å². The molecule has 0 unspecified atom stereocenters. The molecule has 0 saturated heterocycles. The van der Waals surface area contributed by atoms with Gasteiger partial charge in [0.1, 0.15) is 0 Å². The number of rotatable bonds is 0. The molecule has 0 heterocycles. The van der Waals surface area contributed by atoms with E-state index in [0.29, 0.717) is 0 Å². The summed E-state index contributed by atoms with van der Waals surface area (Å²) in [6, 6.07) is 0. The maximum absolute atomic E-state index is 3.44. The van der Waals surface area contributed by atoms with Crippen molar-refractivity contribution >= 4 is 0 Å². The Hall–Kier alpha value is -0.520. The summed E-state index contributed by atoms with van der Waals surface area (Å²) in [5, 5.41) is 0. The molecular formula is C26H47. The Bertz CT molecular complexity index is 280. The van der Waals surface area contributed by atoms with Gasteiger partial charge in [0.15, 0.2) is 0 Å². The van der Waals surface area contributed by atoms with Gasteiger partial charge in [-0.3, -0.25) is 0 Å². The lowest BCUT2D eigenvalue weighted by atomic mass is 10.0. The molecule has 0 fully saturated rings. The van der Waals surface area contributed by atoms with E-state index in [1.807, 2.05) is 0 Å². The molecule has 26 heavy (non-hydrogen) atoms. The predicted molar refractivity (Wildman–Crippen MR) is 119 cm³/mol. The lowest BCUT2D eigenvalue weighted by Crippen LogP contribution is -1.84. The summed E-state index contributed by atoms with van der Waals surface area (Å²) in [7, 11) is 0. The van der Waals surface area contributed by atoms with E-state index in [4.69, 9.17) is 0 Å². The van der Waals surface area contributed by atoms with Gasteiger partial charge in [0.05, 0.1) is 0 Å². The van der Waals surface area contributed by atoms with Crippen LogP contribution in [0.2, 0.25) is 0 Å². The highest BCUT2D eigenvalue weighted by Gasteiger charge is 1.95. The summed E-state index contributed by atoms with van der Waals surface area (Å²) >= 11 is 0. The molecule has 1 rings (SSSR count). The molecule has 1 aliphatic carbocycles. The van der Waals surface area contributed by atoms with Crippen molar-refractivity contribution in [3.63, 3.8) is 0 Å². The van der Waals surface area contributed by atoms with E-state index in [0.717, 1.165) is 6.42 Å². The Morgan fingerprint density at radius 1 is 0.385 bits per heavy atom. The second-order valence-corrected chi connectivity index (χ2v) is 8.41. The van der Waals surface area contributed by atoms with Gasteiger partial charge in [0.25, 0.3) is 0 Å². The summed E-state index contributed by atoms with van der Waals surface area (Å²) < 4.78 is 0. The Morgan fingerprint density at radius 3 is 1.15 bits per heavy atom. The zero-order chi connectivity index (χ0) is 18.4. The first-order valence-electron chi connectivity index (χ1n) is 12.2. The molecule has 0 nitrogen and oxygen atoms in total. The van der Waals surface area contributed by atoms with E-state index < -0.39 is 0 Å². The molecule has 0 bridgehead atoms. The van der Waals surface area contributed by atoms with E-state index in [-0.39, 0.29) is 0 Å². The lowest BCUT2D eigenvalue weighted by Gasteiger charge is -2.04. The standard InChI is InChI=1S/C26H47/c1-2-4-6-8-10-12-14-16-18-20-22-24-26-25-23-21-19-17-15-13-11-9-7-5-3-1/h1-3H,4,6-26H2/b2-1-,5-3?. The number of hydrogen-bond donors (Lipinski definition) is 0. The Kier molecular flexibility index (Phi) is 18.8. The van der Waals surface area contributed by atoms with Crippen LogP contribution in [0.25, 0.3) is 0 Å². The van der Waals surface area contributed by atoms with Gasteiger partial charge in [-0.05, 0) is 31.8 Å². The minimum atomic E-state index is 1.14. The minimum Gasteiger partial charge on any atom is -0.0845 e. The van der Waals surface area contributed by atoms with Crippen LogP contribution in [0, 0.1) is 6.08 Å². The van der Waals surface area contributed by atoms with Crippen molar-refractivity contribution in [1.82, 2.24) is 0 Å². The van der Waals surface area contributed by atoms with Crippen LogP contribution in [0.4, 0.5) is 0 Å². The summed E-state index contributed by atoms with van der Waals surface area (Å²) in [6.07, 6.45) is 41.5. The Balaban J connectivity index is 2.09. The third-order valence-electron chi connectivity index (χ3n) is 5.79. The number of hydrogen-bond acceptors (Lipinski definition) is 0. The molecule has 0 spiro atoms. The highest BCUT2D eigenvalue weighted by atomic mass is 14.0. The zero-order valence-electron chi connectivity index (χ0n) is 17.8. The smallest absolute Gasteiger partial charge is 0.0276 e. The van der Waals surface area contributed by atoms with Gasteiger partial charge in [-0.15, -0.1) is 0 Å². The van der Waals surface area contributed by atoms with Crippen LogP contribution in [0.15, 0.2) is 18.2 Å². The fraction of sp³-hybridized carbons (Fsp3) is 0.846. The molecule has 1 aliphatic rings. The SMILES string of the molecule is [C]1=C\C=C/CCCCCCCCCCCCCCCCCCCCCC/1. The molecular weight excluding hydrogens is 312 g/mol. The maximum Gasteiger partial charge on any atom is -0.0276 e. The van der Waals surface area contributed by atoms with E-state index in [1.54, 1.807) is 0 Å². The average molecular weight is 360 g/mol. The summed E-state index contributed by atoms with van der Waals surface area (Å²) in [5.41, 5.74) is 0. The highest BCUT2D eigenvalue weighted by molar-refractivity contribution is 4.98. The van der Waals surface area contributed by atoms with Crippen LogP contribution >= 0.6 is 0 Å². The monoisotopic (exact) mass is 359 g/mol. The van der Waals surface area contributed by atoms with Crippen LogP contribution in [0.1, 0.15) is 141 Å². The molecule has 0 amide bonds. The molecule has 0 aromatic heterocycles. The molecule has 1 radical (unpaired) electrons. The third-order valence-corrected chi connectivity index (χ3v) is 5.79. The van der Waals surface area contributed by atoms with Crippen molar-refractivity contribution in [2.24, 2.45) is 0 Å². The quantitative estimate of drug-likeness (QED) is 0.404. The van der Waals surface area contributed by atoms with Crippen LogP contribution in [-0.4, -0.2) is 0 Å². The largest absolute Gasteiger partial charge is 0.0845 e. The fourth-order valence-corrected chi connectivity index (χ4v) is 3.99. The second-order valence-electron chi connectivity index (χ2n) is 8.41. The molecule has 0 atom stereocenters. The number of allylic oxidation sites excluding steroid dienone is 4. The summed E-state index contributed by atoms with van der Waals surface area (Å²) in [4.78, 5) is 0. The molecule has 0 saturated carbocycles. The third kappa shape index (κ3) is 18.3. The topological polar surface area (TPSA) is 0 Å². The van der Waals surface area contributed by atoms with Gasteiger partial charge in [-0.1, -0.05) is 134 Å². The van der Waals surface area contributed by atoms with Gasteiger partial charge in [0.2, 0.25) is 0 Å². The lowest BCUT2D eigenvalue weighted by molar-refractivity contribution is 0.521. The van der Waals surface area contributed by atoms with Crippen molar-refractivity contribution in [3.05, 3.63) is 24.3 Å². The van der Waals surface area contributed by atoms with Crippen molar-refractivity contribution in [2.75, 3.05) is 0 Å². The predicted octanol–water partition coefficient (Wildman–Crippen LogP) is 9.50. The molecule has 0 N–H and O–H groups in total. The van der Waals surface area contributed by atoms with E-state index in [9.17, 15) is 0 Å². The van der Waals surface area contributed by atoms with Gasteiger partial charge < -0.3 is 0 Å². The Morgan fingerprint density at radius 2 is 0.731 bits per heavy atom. The molecule has 0 aromatic rings. The van der Waals surface area contributed by atoms with Crippen LogP contribution in [0.3, 0.4) is 0 Å². The van der Waals surface area contributed by atoms with Gasteiger partial charge in [-0.25, -0.2) is 0 Å². The van der Waals surface area contributed by atoms with Gasteiger partial charge >= 0.3 is 0 Å². The normalized spacial score (nSPS) is 25.2. The first kappa shape index (κ1) is 23.5. The van der Waals surface area contributed by atoms with Crippen molar-refractivity contribution in [1.29, 1.82) is 0 Å². The van der Waals surface area contributed by atoms with Crippen LogP contribution in [-0.2, 0) is 0 Å². The zero-order valence-corrected chi connectivity index (χ0v) is 17.8. The van der Waals surface area contributed by atoms with Crippen LogP contribution < -0.4 is 0 Å². The molecule has 0 aromatic carbocycles. The van der Waals surface area contributed by atoms with Gasteiger partial charge in [-0.2, -0.15) is 0 Å². The summed E-state index contributed by atoms with van der Waals surface area (Å²) in [6.45, 7) is 0. The van der Waals surface area contributed by atoms with E-state index >= 15 is 0 Å². The van der Waals surface area contributed by atoms with Crippen LogP contribution in [0.5, 0.6) is 0 Å². The van der Waals surface area contributed by atoms with E-state index in [1.165, 1.54) is 135 Å². The Labute approximate surface area is 165 Å². The molecule has 0 aliphatic heterocycles.